The molecule has 7 nitrogen and oxygen atoms in total. The van der Waals surface area contributed by atoms with Crippen LogP contribution in [-0.2, 0) is 23.8 Å². The van der Waals surface area contributed by atoms with Crippen LogP contribution in [0.15, 0.2) is 23.8 Å². The average molecular weight is 420 g/mol. The molecule has 1 saturated carbocycles. The number of Topliss-reactive ketones (excluding diaryl/α,β-unsaturated/α-hetero) is 1. The summed E-state index contributed by atoms with van der Waals surface area (Å²) in [5.74, 6) is 0.161. The molecule has 1 spiro atoms. The molecule has 30 heavy (non-hydrogen) atoms. The highest BCUT2D eigenvalue weighted by molar-refractivity contribution is 5.94. The van der Waals surface area contributed by atoms with Crippen LogP contribution >= 0.6 is 0 Å². The number of ether oxygens (including phenoxy) is 3. The summed E-state index contributed by atoms with van der Waals surface area (Å²) >= 11 is 0. The van der Waals surface area contributed by atoms with Gasteiger partial charge in [0.05, 0.1) is 6.04 Å². The van der Waals surface area contributed by atoms with Gasteiger partial charge in [-0.3, -0.25) is 9.59 Å². The number of hydrogen-bond acceptors (Lipinski definition) is 6. The minimum atomic E-state index is -1.15. The summed E-state index contributed by atoms with van der Waals surface area (Å²) in [5.41, 5.74) is 0.204. The van der Waals surface area contributed by atoms with Gasteiger partial charge in [-0.05, 0) is 19.3 Å². The summed E-state index contributed by atoms with van der Waals surface area (Å²) in [4.78, 5) is 24.3. The Hall–Kier alpha value is -1.54. The summed E-state index contributed by atoms with van der Waals surface area (Å²) in [7, 11) is 0. The lowest BCUT2D eigenvalue weighted by Crippen LogP contribution is -2.49. The first-order valence-electron chi connectivity index (χ1n) is 11.2. The molecule has 166 valence electrons. The molecular weight excluding hydrogens is 386 g/mol. The van der Waals surface area contributed by atoms with Crippen LogP contribution in [-0.4, -0.2) is 59.1 Å². The first kappa shape index (κ1) is 21.7. The highest BCUT2D eigenvalue weighted by Crippen LogP contribution is 2.57. The van der Waals surface area contributed by atoms with Gasteiger partial charge in [-0.2, -0.15) is 0 Å². The van der Waals surface area contributed by atoms with E-state index in [1.807, 2.05) is 6.92 Å². The molecular formula is C23H33NO6. The highest BCUT2D eigenvalue weighted by atomic mass is 16.7. The van der Waals surface area contributed by atoms with Crippen molar-refractivity contribution in [2.75, 3.05) is 0 Å². The number of rotatable bonds is 9. The summed E-state index contributed by atoms with van der Waals surface area (Å²) in [6, 6.07) is -0.563. The third kappa shape index (κ3) is 4.26. The van der Waals surface area contributed by atoms with Gasteiger partial charge in [-0.15, -0.1) is 0 Å². The molecule has 4 rings (SSSR count). The number of nitrogens with one attached hydrogen (secondary N) is 1. The number of unbranched alkanes of at least 4 members (excludes halogenated alkanes) is 3. The zero-order chi connectivity index (χ0) is 21.5. The number of epoxide rings is 2. The van der Waals surface area contributed by atoms with Crippen LogP contribution < -0.4 is 5.32 Å². The zero-order valence-electron chi connectivity index (χ0n) is 18.0. The normalized spacial score (nSPS) is 40.4. The predicted molar refractivity (Wildman–Crippen MR) is 110 cm³/mol. The van der Waals surface area contributed by atoms with Gasteiger partial charge in [-0.25, -0.2) is 0 Å². The van der Waals surface area contributed by atoms with Gasteiger partial charge in [0, 0.05) is 12.5 Å². The number of fused-ring (bicyclic) bond motifs is 4. The lowest BCUT2D eigenvalue weighted by atomic mass is 9.81. The third-order valence-electron chi connectivity index (χ3n) is 6.62. The van der Waals surface area contributed by atoms with Crippen LogP contribution in [0.25, 0.3) is 0 Å². The average Bonchev–Trinajstić information content (AvgIpc) is 3.60. The third-order valence-corrected chi connectivity index (χ3v) is 6.62. The van der Waals surface area contributed by atoms with Gasteiger partial charge < -0.3 is 24.6 Å². The van der Waals surface area contributed by atoms with E-state index < -0.39 is 30.1 Å². The Balaban J connectivity index is 1.26. The van der Waals surface area contributed by atoms with Crippen molar-refractivity contribution in [1.29, 1.82) is 0 Å². The maximum Gasteiger partial charge on any atom is 0.244 e. The Morgan fingerprint density at radius 1 is 1.23 bits per heavy atom. The topological polar surface area (TPSA) is 101 Å². The fourth-order valence-corrected chi connectivity index (χ4v) is 4.93. The number of hydrogen-bond donors (Lipinski definition) is 2. The maximum atomic E-state index is 12.4. The van der Waals surface area contributed by atoms with Gasteiger partial charge in [-0.1, -0.05) is 57.3 Å². The molecule has 4 aliphatic rings. The molecule has 0 aromatic rings. The van der Waals surface area contributed by atoms with Crippen LogP contribution in [0.4, 0.5) is 0 Å². The van der Waals surface area contributed by atoms with Crippen molar-refractivity contribution in [3.63, 3.8) is 0 Å². The number of amides is 1. The van der Waals surface area contributed by atoms with Crippen LogP contribution in [0.2, 0.25) is 0 Å². The van der Waals surface area contributed by atoms with Crippen LogP contribution in [0.1, 0.15) is 59.3 Å². The Labute approximate surface area is 177 Å². The molecule has 1 amide bonds. The Morgan fingerprint density at radius 3 is 2.60 bits per heavy atom. The number of aliphatic hydroxyl groups is 1. The number of ketones is 1. The van der Waals surface area contributed by atoms with Gasteiger partial charge in [0.2, 0.25) is 5.91 Å². The van der Waals surface area contributed by atoms with Crippen molar-refractivity contribution in [3.05, 3.63) is 23.8 Å². The van der Waals surface area contributed by atoms with E-state index in [2.05, 4.69) is 25.2 Å². The monoisotopic (exact) mass is 419 g/mol. The molecule has 0 radical (unpaired) electrons. The second kappa shape index (κ2) is 8.54. The largest absolute Gasteiger partial charge is 0.366 e. The second-order valence-electron chi connectivity index (χ2n) is 9.21. The molecule has 0 aromatic heterocycles. The Bertz CT molecular complexity index is 726. The minimum absolute atomic E-state index is 0.0361. The van der Waals surface area contributed by atoms with Gasteiger partial charge in [0.25, 0.3) is 0 Å². The van der Waals surface area contributed by atoms with Crippen LogP contribution in [0, 0.1) is 5.92 Å². The molecule has 2 unspecified atom stereocenters. The predicted octanol–water partition coefficient (Wildman–Crippen LogP) is 2.18. The quantitative estimate of drug-likeness (QED) is 0.257. The number of carbonyl (C=O) groups excluding carboxylic acids is 2. The summed E-state index contributed by atoms with van der Waals surface area (Å²) in [5, 5.41) is 13.2. The smallest absolute Gasteiger partial charge is 0.244 e. The minimum Gasteiger partial charge on any atom is -0.366 e. The van der Waals surface area contributed by atoms with E-state index in [4.69, 9.17) is 14.2 Å². The first-order chi connectivity index (χ1) is 14.4. The van der Waals surface area contributed by atoms with E-state index in [-0.39, 0.29) is 23.9 Å². The SMILES string of the molecule is CCCCCC[C@@H](C)/C=C(C)/C=C/C(=O)N[C@H]1CC2(OC1O)[C@@H]1O[C@@H]1C(=O)[C@@H]1O[C@@H]12. The van der Waals surface area contributed by atoms with Crippen LogP contribution in [0.3, 0.4) is 0 Å². The van der Waals surface area contributed by atoms with E-state index in [0.29, 0.717) is 12.3 Å². The molecule has 0 aromatic carbocycles. The highest BCUT2D eigenvalue weighted by Gasteiger charge is 2.79. The van der Waals surface area contributed by atoms with Gasteiger partial charge >= 0.3 is 0 Å². The number of allylic oxidation sites excluding steroid dienone is 3. The Morgan fingerprint density at radius 2 is 1.93 bits per heavy atom. The summed E-state index contributed by atoms with van der Waals surface area (Å²) in [6.07, 6.45) is 9.12. The van der Waals surface area contributed by atoms with E-state index in [0.717, 1.165) is 12.0 Å². The molecule has 3 heterocycles. The van der Waals surface area contributed by atoms with Gasteiger partial charge in [0.1, 0.15) is 30.0 Å². The lowest BCUT2D eigenvalue weighted by Gasteiger charge is -2.26. The summed E-state index contributed by atoms with van der Waals surface area (Å²) in [6.45, 7) is 6.40. The molecule has 2 N–H and O–H groups in total. The molecule has 7 heteroatoms. The van der Waals surface area contributed by atoms with E-state index in [9.17, 15) is 14.7 Å². The molecule has 3 saturated heterocycles. The molecule has 1 aliphatic carbocycles. The lowest BCUT2D eigenvalue weighted by molar-refractivity contribution is -0.159. The maximum absolute atomic E-state index is 12.4. The molecule has 4 fully saturated rings. The van der Waals surface area contributed by atoms with E-state index >= 15 is 0 Å². The fraction of sp³-hybridized carbons (Fsp3) is 0.739. The van der Waals surface area contributed by atoms with E-state index in [1.54, 1.807) is 6.08 Å². The molecule has 3 aliphatic heterocycles. The molecule has 8 atom stereocenters. The fourth-order valence-electron chi connectivity index (χ4n) is 4.93. The molecule has 0 bridgehead atoms. The van der Waals surface area contributed by atoms with Gasteiger partial charge in [0.15, 0.2) is 12.1 Å². The van der Waals surface area contributed by atoms with Crippen molar-refractivity contribution in [2.24, 2.45) is 5.92 Å². The second-order valence-corrected chi connectivity index (χ2v) is 9.21. The van der Waals surface area contributed by atoms with E-state index in [1.165, 1.54) is 31.8 Å². The summed E-state index contributed by atoms with van der Waals surface area (Å²) < 4.78 is 16.8. The first-order valence-corrected chi connectivity index (χ1v) is 11.2. The zero-order valence-corrected chi connectivity index (χ0v) is 18.0. The van der Waals surface area contributed by atoms with Crippen molar-refractivity contribution in [3.8, 4) is 0 Å². The van der Waals surface area contributed by atoms with Crippen LogP contribution in [0.5, 0.6) is 0 Å². The van der Waals surface area contributed by atoms with Crippen molar-refractivity contribution < 1.29 is 28.9 Å². The van der Waals surface area contributed by atoms with Crippen molar-refractivity contribution >= 4 is 11.7 Å². The number of aliphatic hydroxyl groups excluding tert-OH is 1. The number of carbonyl (C=O) groups is 2. The standard InChI is InChI=1S/C23H33NO6/c1-4-5-6-7-8-13(2)11-14(3)9-10-16(25)24-15-12-23(30-22(15)27)20-18(28-20)17(26)19-21(23)29-19/h9-11,13,15,18-22,27H,4-8,12H2,1-3H3,(H,24,25)/b10-9+,14-11+/t13-,15+,18-,19+,20-,21+,22?,23?/m1/s1. The van der Waals surface area contributed by atoms with Crippen molar-refractivity contribution in [1.82, 2.24) is 5.32 Å². The van der Waals surface area contributed by atoms with Crippen molar-refractivity contribution in [2.45, 2.75) is 102 Å². The Kier molecular flexibility index (Phi) is 6.17.